The zero-order valence-corrected chi connectivity index (χ0v) is 15.8. The predicted molar refractivity (Wildman–Crippen MR) is 102 cm³/mol. The van der Waals surface area contributed by atoms with Crippen molar-refractivity contribution in [2.24, 2.45) is 0 Å². The monoisotopic (exact) mass is 378 g/mol. The smallest absolute Gasteiger partial charge is 0.246 e. The number of aliphatic hydroxyl groups is 1. The lowest BCUT2D eigenvalue weighted by atomic mass is 9.93. The molecule has 0 spiro atoms. The van der Waals surface area contributed by atoms with Crippen LogP contribution >= 0.6 is 11.6 Å². The van der Waals surface area contributed by atoms with Crippen molar-refractivity contribution >= 4 is 17.5 Å². The van der Waals surface area contributed by atoms with Crippen LogP contribution in [0.1, 0.15) is 18.4 Å². The molecule has 3 rings (SSSR count). The summed E-state index contributed by atoms with van der Waals surface area (Å²) in [6.45, 7) is 4.76. The van der Waals surface area contributed by atoms with E-state index < -0.39 is 6.10 Å². The highest BCUT2D eigenvalue weighted by molar-refractivity contribution is 6.30. The van der Waals surface area contributed by atoms with E-state index in [0.717, 1.165) is 51.3 Å². The molecule has 0 unspecified atom stereocenters. The molecule has 0 aromatic heterocycles. The number of hydrogen-bond donors (Lipinski definition) is 1. The molecule has 0 radical (unpaired) electrons. The summed E-state index contributed by atoms with van der Waals surface area (Å²) in [6.07, 6.45) is 5.30. The van der Waals surface area contributed by atoms with Gasteiger partial charge < -0.3 is 14.7 Å². The van der Waals surface area contributed by atoms with E-state index in [4.69, 9.17) is 16.3 Å². The van der Waals surface area contributed by atoms with Crippen LogP contribution in [0.15, 0.2) is 36.4 Å². The zero-order valence-electron chi connectivity index (χ0n) is 15.0. The fraction of sp³-hybridized carbons (Fsp3) is 0.550. The van der Waals surface area contributed by atoms with Gasteiger partial charge in [0, 0.05) is 37.3 Å². The Morgan fingerprint density at radius 1 is 1.23 bits per heavy atom. The van der Waals surface area contributed by atoms with Crippen LogP contribution in [0.5, 0.6) is 0 Å². The van der Waals surface area contributed by atoms with Gasteiger partial charge in [0.15, 0.2) is 0 Å². The van der Waals surface area contributed by atoms with Gasteiger partial charge in [-0.3, -0.25) is 9.69 Å². The summed E-state index contributed by atoms with van der Waals surface area (Å²) in [6, 6.07) is 7.42. The summed E-state index contributed by atoms with van der Waals surface area (Å²) in [7, 11) is 0. The zero-order chi connectivity index (χ0) is 18.4. The SMILES string of the molecule is O=C(C=CCN1CCOCC1)N1CCC[C@H](O)[C@@H]1Cc1ccc(Cl)cc1. The normalized spacial score (nSPS) is 24.9. The highest BCUT2D eigenvalue weighted by atomic mass is 35.5. The largest absolute Gasteiger partial charge is 0.391 e. The van der Waals surface area contributed by atoms with Crippen LogP contribution < -0.4 is 0 Å². The average Bonchev–Trinajstić information content (AvgIpc) is 2.66. The average molecular weight is 379 g/mol. The van der Waals surface area contributed by atoms with Crippen molar-refractivity contribution in [3.8, 4) is 0 Å². The van der Waals surface area contributed by atoms with Crippen LogP contribution in [0.4, 0.5) is 0 Å². The molecular weight excluding hydrogens is 352 g/mol. The third kappa shape index (κ3) is 5.30. The number of likely N-dealkylation sites (tertiary alicyclic amines) is 1. The maximum atomic E-state index is 12.7. The number of carbonyl (C=O) groups excluding carboxylic acids is 1. The van der Waals surface area contributed by atoms with Crippen LogP contribution in [-0.2, 0) is 16.0 Å². The molecule has 2 aliphatic heterocycles. The molecule has 0 aliphatic carbocycles. The second-order valence-electron chi connectivity index (χ2n) is 6.95. The Labute approximate surface area is 160 Å². The minimum atomic E-state index is -0.490. The molecule has 26 heavy (non-hydrogen) atoms. The molecule has 2 atom stereocenters. The van der Waals surface area contributed by atoms with E-state index in [1.54, 1.807) is 6.08 Å². The molecule has 2 heterocycles. The first kappa shape index (κ1) is 19.4. The van der Waals surface area contributed by atoms with Crippen molar-refractivity contribution in [2.75, 3.05) is 39.4 Å². The van der Waals surface area contributed by atoms with Crippen LogP contribution in [0.3, 0.4) is 0 Å². The van der Waals surface area contributed by atoms with Gasteiger partial charge in [0.25, 0.3) is 0 Å². The van der Waals surface area contributed by atoms with E-state index in [-0.39, 0.29) is 11.9 Å². The van der Waals surface area contributed by atoms with E-state index in [0.29, 0.717) is 18.0 Å². The van der Waals surface area contributed by atoms with Gasteiger partial charge in [0.1, 0.15) is 0 Å². The van der Waals surface area contributed by atoms with Crippen molar-refractivity contribution < 1.29 is 14.6 Å². The number of halogens is 1. The molecule has 1 aromatic carbocycles. The molecule has 0 saturated carbocycles. The van der Waals surface area contributed by atoms with Crippen molar-refractivity contribution in [1.29, 1.82) is 0 Å². The Hall–Kier alpha value is -1.40. The Kier molecular flexibility index (Phi) is 7.08. The van der Waals surface area contributed by atoms with Crippen LogP contribution in [0, 0.1) is 0 Å². The number of piperidine rings is 1. The van der Waals surface area contributed by atoms with Crippen molar-refractivity contribution in [1.82, 2.24) is 9.80 Å². The topological polar surface area (TPSA) is 53.0 Å². The summed E-state index contributed by atoms with van der Waals surface area (Å²) in [5.74, 6) is -0.0176. The highest BCUT2D eigenvalue weighted by Crippen LogP contribution is 2.22. The lowest BCUT2D eigenvalue weighted by Gasteiger charge is -2.39. The predicted octanol–water partition coefficient (Wildman–Crippen LogP) is 2.12. The van der Waals surface area contributed by atoms with Gasteiger partial charge >= 0.3 is 0 Å². The molecule has 0 bridgehead atoms. The van der Waals surface area contributed by atoms with E-state index in [1.807, 2.05) is 35.2 Å². The fourth-order valence-corrected chi connectivity index (χ4v) is 3.73. The number of rotatable bonds is 5. The quantitative estimate of drug-likeness (QED) is 0.797. The first-order valence-corrected chi connectivity index (χ1v) is 9.71. The lowest BCUT2D eigenvalue weighted by molar-refractivity contribution is -0.133. The summed E-state index contributed by atoms with van der Waals surface area (Å²) >= 11 is 5.95. The van der Waals surface area contributed by atoms with Gasteiger partial charge in [-0.1, -0.05) is 29.8 Å². The van der Waals surface area contributed by atoms with E-state index in [1.165, 1.54) is 0 Å². The molecule has 2 fully saturated rings. The van der Waals surface area contributed by atoms with Gasteiger partial charge in [0.05, 0.1) is 25.4 Å². The fourth-order valence-electron chi connectivity index (χ4n) is 3.60. The minimum Gasteiger partial charge on any atom is -0.391 e. The molecule has 5 nitrogen and oxygen atoms in total. The van der Waals surface area contributed by atoms with Crippen LogP contribution in [0.25, 0.3) is 0 Å². The molecule has 1 N–H and O–H groups in total. The number of morpholine rings is 1. The summed E-state index contributed by atoms with van der Waals surface area (Å²) in [4.78, 5) is 16.8. The van der Waals surface area contributed by atoms with Gasteiger partial charge in [0.2, 0.25) is 5.91 Å². The molecule has 142 valence electrons. The number of benzene rings is 1. The molecule has 2 saturated heterocycles. The number of carbonyl (C=O) groups is 1. The highest BCUT2D eigenvalue weighted by Gasteiger charge is 2.32. The van der Waals surface area contributed by atoms with Crippen LogP contribution in [0.2, 0.25) is 5.02 Å². The van der Waals surface area contributed by atoms with E-state index >= 15 is 0 Å². The van der Waals surface area contributed by atoms with Gasteiger partial charge in [-0.25, -0.2) is 0 Å². The molecule has 1 amide bonds. The second-order valence-corrected chi connectivity index (χ2v) is 7.39. The third-order valence-electron chi connectivity index (χ3n) is 5.11. The maximum Gasteiger partial charge on any atom is 0.246 e. The van der Waals surface area contributed by atoms with Crippen molar-refractivity contribution in [3.63, 3.8) is 0 Å². The lowest BCUT2D eigenvalue weighted by Crippen LogP contribution is -2.51. The maximum absolute atomic E-state index is 12.7. The Morgan fingerprint density at radius 3 is 2.69 bits per heavy atom. The van der Waals surface area contributed by atoms with Gasteiger partial charge in [-0.15, -0.1) is 0 Å². The van der Waals surface area contributed by atoms with E-state index in [2.05, 4.69) is 4.90 Å². The molecule has 2 aliphatic rings. The minimum absolute atomic E-state index is 0.0176. The van der Waals surface area contributed by atoms with Crippen molar-refractivity contribution in [2.45, 2.75) is 31.4 Å². The first-order chi connectivity index (χ1) is 12.6. The van der Waals surface area contributed by atoms with E-state index in [9.17, 15) is 9.90 Å². The Balaban J connectivity index is 1.60. The summed E-state index contributed by atoms with van der Waals surface area (Å²) in [5.41, 5.74) is 1.08. The number of amides is 1. The summed E-state index contributed by atoms with van der Waals surface area (Å²) < 4.78 is 5.34. The van der Waals surface area contributed by atoms with Crippen LogP contribution in [-0.4, -0.2) is 72.4 Å². The summed E-state index contributed by atoms with van der Waals surface area (Å²) in [5, 5.41) is 11.2. The number of nitrogens with zero attached hydrogens (tertiary/aromatic N) is 2. The van der Waals surface area contributed by atoms with Crippen molar-refractivity contribution in [3.05, 3.63) is 47.0 Å². The number of ether oxygens (including phenoxy) is 1. The molecule has 1 aromatic rings. The molecular formula is C20H27ClN2O3. The second kappa shape index (κ2) is 9.51. The Bertz CT molecular complexity index is 614. The Morgan fingerprint density at radius 2 is 1.96 bits per heavy atom. The number of hydrogen-bond acceptors (Lipinski definition) is 4. The first-order valence-electron chi connectivity index (χ1n) is 9.33. The molecule has 6 heteroatoms. The standard InChI is InChI=1S/C20H27ClN2O3/c21-17-7-5-16(6-8-17)15-18-19(24)3-1-10-23(18)20(25)4-2-9-22-11-13-26-14-12-22/h2,4-8,18-19,24H,1,3,9-15H2/t18-,19-/m0/s1. The van der Waals surface area contributed by atoms with Gasteiger partial charge in [-0.05, 0) is 37.0 Å². The van der Waals surface area contributed by atoms with Gasteiger partial charge in [-0.2, -0.15) is 0 Å². The number of aliphatic hydroxyl groups excluding tert-OH is 1. The third-order valence-corrected chi connectivity index (χ3v) is 5.36.